The SMILES string of the molecule is Cc1cc(F)ccc1C(=O)NCC1(CCO)CC1. The highest BCUT2D eigenvalue weighted by atomic mass is 19.1. The molecule has 1 aliphatic rings. The summed E-state index contributed by atoms with van der Waals surface area (Å²) in [6, 6.07) is 4.16. The Balaban J connectivity index is 1.96. The molecule has 0 saturated heterocycles. The van der Waals surface area contributed by atoms with E-state index in [0.29, 0.717) is 17.7 Å². The van der Waals surface area contributed by atoms with Crippen LogP contribution in [0.15, 0.2) is 18.2 Å². The van der Waals surface area contributed by atoms with Gasteiger partial charge in [0.1, 0.15) is 5.82 Å². The van der Waals surface area contributed by atoms with Crippen molar-refractivity contribution in [3.63, 3.8) is 0 Å². The Hall–Kier alpha value is -1.42. The number of rotatable bonds is 5. The fourth-order valence-corrected chi connectivity index (χ4v) is 2.17. The molecule has 0 heterocycles. The van der Waals surface area contributed by atoms with Crippen molar-refractivity contribution in [2.24, 2.45) is 5.41 Å². The van der Waals surface area contributed by atoms with E-state index in [2.05, 4.69) is 5.32 Å². The predicted molar refractivity (Wildman–Crippen MR) is 66.8 cm³/mol. The zero-order valence-corrected chi connectivity index (χ0v) is 10.5. The molecule has 3 nitrogen and oxygen atoms in total. The highest BCUT2D eigenvalue weighted by molar-refractivity contribution is 5.95. The lowest BCUT2D eigenvalue weighted by atomic mass is 10.0. The average molecular weight is 251 g/mol. The molecular formula is C14H18FNO2. The van der Waals surface area contributed by atoms with Gasteiger partial charge >= 0.3 is 0 Å². The first-order chi connectivity index (χ1) is 8.56. The van der Waals surface area contributed by atoms with Crippen LogP contribution in [0.25, 0.3) is 0 Å². The molecule has 0 spiro atoms. The van der Waals surface area contributed by atoms with Crippen LogP contribution >= 0.6 is 0 Å². The molecule has 98 valence electrons. The van der Waals surface area contributed by atoms with Crippen LogP contribution in [-0.2, 0) is 0 Å². The van der Waals surface area contributed by atoms with Crippen LogP contribution in [-0.4, -0.2) is 24.2 Å². The van der Waals surface area contributed by atoms with E-state index < -0.39 is 0 Å². The van der Waals surface area contributed by atoms with Crippen molar-refractivity contribution in [3.05, 3.63) is 35.1 Å². The maximum absolute atomic E-state index is 12.9. The molecule has 4 heteroatoms. The van der Waals surface area contributed by atoms with E-state index in [-0.39, 0.29) is 23.7 Å². The number of benzene rings is 1. The Morgan fingerprint density at radius 1 is 1.50 bits per heavy atom. The molecule has 1 aromatic rings. The van der Waals surface area contributed by atoms with E-state index in [1.54, 1.807) is 6.92 Å². The Morgan fingerprint density at radius 2 is 2.22 bits per heavy atom. The van der Waals surface area contributed by atoms with Crippen LogP contribution in [0.3, 0.4) is 0 Å². The summed E-state index contributed by atoms with van der Waals surface area (Å²) < 4.78 is 12.9. The van der Waals surface area contributed by atoms with Gasteiger partial charge in [0.2, 0.25) is 0 Å². The number of carbonyl (C=O) groups is 1. The number of hydrogen-bond donors (Lipinski definition) is 2. The summed E-state index contributed by atoms with van der Waals surface area (Å²) in [4.78, 5) is 12.0. The Bertz CT molecular complexity index is 455. The molecule has 0 aliphatic heterocycles. The van der Waals surface area contributed by atoms with Gasteiger partial charge in [0.15, 0.2) is 0 Å². The maximum atomic E-state index is 12.9. The molecule has 1 saturated carbocycles. The number of aliphatic hydroxyl groups excluding tert-OH is 1. The summed E-state index contributed by atoms with van der Waals surface area (Å²) in [5.74, 6) is -0.500. The predicted octanol–water partition coefficient (Wildman–Crippen LogP) is 2.03. The number of nitrogens with one attached hydrogen (secondary N) is 1. The number of amides is 1. The van der Waals surface area contributed by atoms with Gasteiger partial charge < -0.3 is 10.4 Å². The van der Waals surface area contributed by atoms with E-state index in [0.717, 1.165) is 19.3 Å². The van der Waals surface area contributed by atoms with Crippen molar-refractivity contribution in [3.8, 4) is 0 Å². The Labute approximate surface area is 106 Å². The van der Waals surface area contributed by atoms with E-state index in [9.17, 15) is 9.18 Å². The van der Waals surface area contributed by atoms with Crippen molar-refractivity contribution in [2.75, 3.05) is 13.2 Å². The van der Waals surface area contributed by atoms with Crippen LogP contribution in [0.1, 0.15) is 35.2 Å². The number of aryl methyl sites for hydroxylation is 1. The first-order valence-corrected chi connectivity index (χ1v) is 6.22. The van der Waals surface area contributed by atoms with Gasteiger partial charge in [-0.3, -0.25) is 4.79 Å². The molecule has 0 aromatic heterocycles. The minimum atomic E-state index is -0.331. The second-order valence-corrected chi connectivity index (χ2v) is 5.12. The van der Waals surface area contributed by atoms with Crippen LogP contribution in [0.4, 0.5) is 4.39 Å². The smallest absolute Gasteiger partial charge is 0.251 e. The van der Waals surface area contributed by atoms with Crippen LogP contribution in [0.5, 0.6) is 0 Å². The second kappa shape index (κ2) is 5.06. The monoisotopic (exact) mass is 251 g/mol. The second-order valence-electron chi connectivity index (χ2n) is 5.12. The molecule has 2 N–H and O–H groups in total. The average Bonchev–Trinajstić information content (AvgIpc) is 3.07. The Kier molecular flexibility index (Phi) is 3.66. The van der Waals surface area contributed by atoms with Crippen molar-refractivity contribution in [1.82, 2.24) is 5.32 Å². The topological polar surface area (TPSA) is 49.3 Å². The molecule has 1 aromatic carbocycles. The van der Waals surface area contributed by atoms with Gasteiger partial charge in [-0.15, -0.1) is 0 Å². The Morgan fingerprint density at radius 3 is 2.78 bits per heavy atom. The normalized spacial score (nSPS) is 16.4. The van der Waals surface area contributed by atoms with Gasteiger partial charge in [0, 0.05) is 18.7 Å². The van der Waals surface area contributed by atoms with Gasteiger partial charge in [-0.2, -0.15) is 0 Å². The minimum Gasteiger partial charge on any atom is -0.396 e. The number of aliphatic hydroxyl groups is 1. The standard InChI is InChI=1S/C14H18FNO2/c1-10-8-11(15)2-3-12(10)13(18)16-9-14(4-5-14)6-7-17/h2-3,8,17H,4-7,9H2,1H3,(H,16,18). The molecule has 0 radical (unpaired) electrons. The first-order valence-electron chi connectivity index (χ1n) is 6.22. The zero-order valence-electron chi connectivity index (χ0n) is 10.5. The van der Waals surface area contributed by atoms with Gasteiger partial charge in [0.05, 0.1) is 0 Å². The third-order valence-corrected chi connectivity index (χ3v) is 3.66. The summed E-state index contributed by atoms with van der Waals surface area (Å²) in [6.45, 7) is 2.47. The van der Waals surface area contributed by atoms with Crippen molar-refractivity contribution in [1.29, 1.82) is 0 Å². The zero-order chi connectivity index (χ0) is 13.2. The number of halogens is 1. The van der Waals surface area contributed by atoms with E-state index >= 15 is 0 Å². The summed E-state index contributed by atoms with van der Waals surface area (Å²) in [7, 11) is 0. The molecule has 18 heavy (non-hydrogen) atoms. The van der Waals surface area contributed by atoms with Crippen molar-refractivity contribution in [2.45, 2.75) is 26.2 Å². The van der Waals surface area contributed by atoms with Gasteiger partial charge in [-0.25, -0.2) is 4.39 Å². The number of hydrogen-bond acceptors (Lipinski definition) is 2. The summed E-state index contributed by atoms with van der Waals surface area (Å²) in [5, 5.41) is 11.8. The van der Waals surface area contributed by atoms with Gasteiger partial charge in [-0.1, -0.05) is 0 Å². The van der Waals surface area contributed by atoms with Crippen molar-refractivity contribution < 1.29 is 14.3 Å². The molecule has 0 atom stereocenters. The molecule has 0 bridgehead atoms. The fourth-order valence-electron chi connectivity index (χ4n) is 2.17. The van der Waals surface area contributed by atoms with Gasteiger partial charge in [-0.05, 0) is 55.4 Å². The molecule has 0 unspecified atom stereocenters. The van der Waals surface area contributed by atoms with Crippen LogP contribution in [0.2, 0.25) is 0 Å². The van der Waals surface area contributed by atoms with E-state index in [1.165, 1.54) is 18.2 Å². The van der Waals surface area contributed by atoms with Crippen LogP contribution < -0.4 is 5.32 Å². The highest BCUT2D eigenvalue weighted by Gasteiger charge is 2.41. The quantitative estimate of drug-likeness (QED) is 0.841. The largest absolute Gasteiger partial charge is 0.396 e. The minimum absolute atomic E-state index is 0.0956. The highest BCUT2D eigenvalue weighted by Crippen LogP contribution is 2.47. The summed E-state index contributed by atoms with van der Waals surface area (Å²) >= 11 is 0. The molecular weight excluding hydrogens is 233 g/mol. The molecule has 1 fully saturated rings. The molecule has 1 amide bonds. The lowest BCUT2D eigenvalue weighted by Crippen LogP contribution is -2.31. The van der Waals surface area contributed by atoms with Gasteiger partial charge in [0.25, 0.3) is 5.91 Å². The first kappa shape index (κ1) is 13.0. The van der Waals surface area contributed by atoms with Crippen LogP contribution in [0, 0.1) is 18.2 Å². The summed E-state index contributed by atoms with van der Waals surface area (Å²) in [6.07, 6.45) is 2.84. The third kappa shape index (κ3) is 2.88. The number of carbonyl (C=O) groups excluding carboxylic acids is 1. The lowest BCUT2D eigenvalue weighted by molar-refractivity contribution is 0.0940. The fraction of sp³-hybridized carbons (Fsp3) is 0.500. The molecule has 1 aliphatic carbocycles. The summed E-state index contributed by atoms with van der Waals surface area (Å²) in [5.41, 5.74) is 1.24. The lowest BCUT2D eigenvalue weighted by Gasteiger charge is -2.15. The van der Waals surface area contributed by atoms with Crippen molar-refractivity contribution >= 4 is 5.91 Å². The third-order valence-electron chi connectivity index (χ3n) is 3.66. The molecule has 2 rings (SSSR count). The van der Waals surface area contributed by atoms with E-state index in [4.69, 9.17) is 5.11 Å². The van der Waals surface area contributed by atoms with E-state index in [1.807, 2.05) is 0 Å². The maximum Gasteiger partial charge on any atom is 0.251 e.